The lowest BCUT2D eigenvalue weighted by Crippen LogP contribution is -2.26. The van der Waals surface area contributed by atoms with Crippen LogP contribution in [0, 0.1) is 5.41 Å². The molecule has 0 amide bonds. The molecule has 0 heterocycles. The van der Waals surface area contributed by atoms with Gasteiger partial charge in [0.05, 0.1) is 5.41 Å². The number of hydrogen-bond acceptors (Lipinski definition) is 5. The van der Waals surface area contributed by atoms with E-state index in [1.165, 1.54) is 24.3 Å². The van der Waals surface area contributed by atoms with Crippen molar-refractivity contribution in [3.8, 4) is 5.75 Å². The highest BCUT2D eigenvalue weighted by atomic mass is 32.2. The number of fused-ring (bicyclic) bond motifs is 1. The molecule has 0 atom stereocenters. The fourth-order valence-electron chi connectivity index (χ4n) is 2.05. The molecular formula is C16H17F3O5S. The maximum atomic E-state index is 12.5. The molecular weight excluding hydrogens is 361 g/mol. The van der Waals surface area contributed by atoms with Crippen molar-refractivity contribution >= 4 is 21.8 Å². The van der Waals surface area contributed by atoms with Crippen LogP contribution in [-0.4, -0.2) is 19.9 Å². The van der Waals surface area contributed by atoms with Crippen molar-refractivity contribution in [3.63, 3.8) is 0 Å². The fourth-order valence-corrected chi connectivity index (χ4v) is 2.54. The Bertz CT molecular complexity index is 817. The first kappa shape index (κ1) is 19.3. The van der Waals surface area contributed by atoms with Gasteiger partial charge in [0.2, 0.25) is 0 Å². The van der Waals surface area contributed by atoms with Gasteiger partial charge in [0.25, 0.3) is 0 Å². The van der Waals surface area contributed by atoms with Gasteiger partial charge in [-0.1, -0.05) is 0 Å². The molecule has 5 nitrogen and oxygen atoms in total. The number of esters is 1. The SMILES string of the molecule is CC(C)(C)C(=O)Oc1ccc2c(c1)CCC=C2OS(=O)(=O)C(F)(F)F. The summed E-state index contributed by atoms with van der Waals surface area (Å²) in [6.07, 6.45) is 2.04. The van der Waals surface area contributed by atoms with E-state index in [9.17, 15) is 26.4 Å². The summed E-state index contributed by atoms with van der Waals surface area (Å²) < 4.78 is 69.3. The molecule has 0 N–H and O–H groups in total. The van der Waals surface area contributed by atoms with Crippen LogP contribution in [-0.2, 0) is 25.5 Å². The number of ether oxygens (including phenoxy) is 1. The minimum atomic E-state index is -5.74. The molecule has 25 heavy (non-hydrogen) atoms. The lowest BCUT2D eigenvalue weighted by atomic mass is 9.95. The maximum Gasteiger partial charge on any atom is 0.534 e. The number of benzene rings is 1. The van der Waals surface area contributed by atoms with Gasteiger partial charge in [-0.25, -0.2) is 0 Å². The van der Waals surface area contributed by atoms with E-state index >= 15 is 0 Å². The lowest BCUT2D eigenvalue weighted by Gasteiger charge is -2.20. The number of rotatable bonds is 3. The first-order valence-corrected chi connectivity index (χ1v) is 8.78. The van der Waals surface area contributed by atoms with Gasteiger partial charge >= 0.3 is 21.6 Å². The molecule has 9 heteroatoms. The lowest BCUT2D eigenvalue weighted by molar-refractivity contribution is -0.143. The standard InChI is InChI=1S/C16H17F3O5S/c1-15(2,3)14(20)23-11-7-8-12-10(9-11)5-4-6-13(12)24-25(21,22)16(17,18)19/h6-9H,4-5H2,1-3H3. The second-order valence-electron chi connectivity index (χ2n) is 6.55. The van der Waals surface area contributed by atoms with Crippen LogP contribution in [0.25, 0.3) is 5.76 Å². The van der Waals surface area contributed by atoms with Crippen LogP contribution in [0.15, 0.2) is 24.3 Å². The Morgan fingerprint density at radius 1 is 1.16 bits per heavy atom. The topological polar surface area (TPSA) is 69.7 Å². The van der Waals surface area contributed by atoms with Crippen LogP contribution in [0.3, 0.4) is 0 Å². The van der Waals surface area contributed by atoms with Crippen LogP contribution in [0.5, 0.6) is 5.75 Å². The van der Waals surface area contributed by atoms with Crippen LogP contribution in [0.1, 0.15) is 38.3 Å². The molecule has 0 radical (unpaired) electrons. The van der Waals surface area contributed by atoms with Crippen LogP contribution in [0.4, 0.5) is 13.2 Å². The predicted octanol–water partition coefficient (Wildman–Crippen LogP) is 3.79. The van der Waals surface area contributed by atoms with Crippen LogP contribution >= 0.6 is 0 Å². The van der Waals surface area contributed by atoms with E-state index in [0.717, 1.165) is 0 Å². The molecule has 2 rings (SSSR count). The molecule has 0 saturated carbocycles. The van der Waals surface area contributed by atoms with E-state index in [1.807, 2.05) is 0 Å². The minimum Gasteiger partial charge on any atom is -0.426 e. The van der Waals surface area contributed by atoms with Crippen molar-refractivity contribution in [1.29, 1.82) is 0 Å². The number of alkyl halides is 3. The Labute approximate surface area is 143 Å². The summed E-state index contributed by atoms with van der Waals surface area (Å²) in [6.45, 7) is 5.05. The molecule has 1 aliphatic rings. The third-order valence-electron chi connectivity index (χ3n) is 3.39. The second-order valence-corrected chi connectivity index (χ2v) is 8.09. The average molecular weight is 378 g/mol. The second kappa shape index (κ2) is 6.36. The summed E-state index contributed by atoms with van der Waals surface area (Å²) in [6, 6.07) is 4.25. The summed E-state index contributed by atoms with van der Waals surface area (Å²) in [5.41, 5.74) is -5.47. The first-order chi connectivity index (χ1) is 11.3. The fraction of sp³-hybridized carbons (Fsp3) is 0.438. The summed E-state index contributed by atoms with van der Waals surface area (Å²) in [7, 11) is -5.74. The first-order valence-electron chi connectivity index (χ1n) is 7.38. The van der Waals surface area contributed by atoms with E-state index in [4.69, 9.17) is 4.74 Å². The minimum absolute atomic E-state index is 0.217. The summed E-state index contributed by atoms with van der Waals surface area (Å²) in [5.74, 6) is -0.610. The van der Waals surface area contributed by atoms with E-state index in [2.05, 4.69) is 4.18 Å². The van der Waals surface area contributed by atoms with E-state index < -0.39 is 27.0 Å². The Morgan fingerprint density at radius 2 is 1.80 bits per heavy atom. The van der Waals surface area contributed by atoms with Gasteiger partial charge < -0.3 is 8.92 Å². The van der Waals surface area contributed by atoms with E-state index in [1.54, 1.807) is 20.8 Å². The molecule has 0 unspecified atom stereocenters. The van der Waals surface area contributed by atoms with Crippen molar-refractivity contribution < 1.29 is 35.3 Å². The molecule has 0 fully saturated rings. The number of carbonyl (C=O) groups is 1. The highest BCUT2D eigenvalue weighted by Crippen LogP contribution is 2.35. The zero-order valence-electron chi connectivity index (χ0n) is 13.8. The maximum absolute atomic E-state index is 12.5. The summed E-state index contributed by atoms with van der Waals surface area (Å²) in [5, 5.41) is 0. The van der Waals surface area contributed by atoms with Crippen molar-refractivity contribution in [2.24, 2.45) is 5.41 Å². The Kier molecular flexibility index (Phi) is 4.91. The van der Waals surface area contributed by atoms with Gasteiger partial charge in [-0.05, 0) is 63.5 Å². The van der Waals surface area contributed by atoms with Crippen molar-refractivity contribution in [3.05, 3.63) is 35.4 Å². The molecule has 0 aliphatic heterocycles. The molecule has 1 aromatic rings. The molecule has 0 aromatic heterocycles. The van der Waals surface area contributed by atoms with Gasteiger partial charge in [-0.3, -0.25) is 4.79 Å². The molecule has 0 spiro atoms. The third-order valence-corrected chi connectivity index (χ3v) is 4.36. The van der Waals surface area contributed by atoms with Gasteiger partial charge in [0.15, 0.2) is 0 Å². The molecule has 0 saturated heterocycles. The highest BCUT2D eigenvalue weighted by molar-refractivity contribution is 7.87. The smallest absolute Gasteiger partial charge is 0.426 e. The number of carbonyl (C=O) groups excluding carboxylic acids is 1. The molecule has 1 aliphatic carbocycles. The van der Waals surface area contributed by atoms with Crippen molar-refractivity contribution in [2.75, 3.05) is 0 Å². The Balaban J connectivity index is 2.28. The van der Waals surface area contributed by atoms with Crippen molar-refractivity contribution in [1.82, 2.24) is 0 Å². The van der Waals surface area contributed by atoms with Gasteiger partial charge in [0, 0.05) is 5.56 Å². The normalized spacial score (nSPS) is 15.2. The molecule has 138 valence electrons. The largest absolute Gasteiger partial charge is 0.534 e. The number of halogens is 3. The van der Waals surface area contributed by atoms with E-state index in [0.29, 0.717) is 18.4 Å². The quantitative estimate of drug-likeness (QED) is 0.346. The number of allylic oxidation sites excluding steroid dienone is 1. The Hall–Kier alpha value is -2.03. The van der Waals surface area contributed by atoms with Crippen LogP contribution in [0.2, 0.25) is 0 Å². The molecule has 1 aromatic carbocycles. The predicted molar refractivity (Wildman–Crippen MR) is 83.9 cm³/mol. The zero-order valence-corrected chi connectivity index (χ0v) is 14.6. The monoisotopic (exact) mass is 378 g/mol. The highest BCUT2D eigenvalue weighted by Gasteiger charge is 2.49. The zero-order chi connectivity index (χ0) is 19.0. The third kappa shape index (κ3) is 4.33. The van der Waals surface area contributed by atoms with E-state index in [-0.39, 0.29) is 17.1 Å². The number of hydrogen-bond donors (Lipinski definition) is 0. The summed E-state index contributed by atoms with van der Waals surface area (Å²) in [4.78, 5) is 11.9. The Morgan fingerprint density at radius 3 is 2.36 bits per heavy atom. The van der Waals surface area contributed by atoms with Gasteiger partial charge in [-0.15, -0.1) is 0 Å². The molecule has 0 bridgehead atoms. The van der Waals surface area contributed by atoms with Crippen molar-refractivity contribution in [2.45, 2.75) is 39.1 Å². The average Bonchev–Trinajstić information content (AvgIpc) is 2.44. The van der Waals surface area contributed by atoms with Gasteiger partial charge in [0.1, 0.15) is 11.5 Å². The van der Waals surface area contributed by atoms with Crippen LogP contribution < -0.4 is 4.74 Å². The summed E-state index contributed by atoms with van der Waals surface area (Å²) >= 11 is 0. The number of aryl methyl sites for hydroxylation is 1. The van der Waals surface area contributed by atoms with Gasteiger partial charge in [-0.2, -0.15) is 21.6 Å².